The molecule has 1 aliphatic heterocycles. The first kappa shape index (κ1) is 41.7. The van der Waals surface area contributed by atoms with E-state index in [1.807, 2.05) is 66.7 Å². The second-order valence-electron chi connectivity index (χ2n) is 14.6. The van der Waals surface area contributed by atoms with Gasteiger partial charge in [-0.15, -0.1) is 18.8 Å². The number of carbonyl (C=O) groups excluding carboxylic acids is 2. The van der Waals surface area contributed by atoms with Crippen molar-refractivity contribution in [2.45, 2.75) is 75.7 Å². The molecular formula is C42H47N4NiO7-. The van der Waals surface area contributed by atoms with Crippen LogP contribution in [0.5, 0.6) is 0 Å². The zero-order chi connectivity index (χ0) is 38.4. The summed E-state index contributed by atoms with van der Waals surface area (Å²) in [5.41, 5.74) is 0.504. The number of nitrogens with one attached hydrogen (secondary N) is 1. The quantitative estimate of drug-likeness (QED) is 0.0983. The van der Waals surface area contributed by atoms with Gasteiger partial charge >= 0.3 is 18.0 Å². The molecule has 0 spiro atoms. The van der Waals surface area contributed by atoms with Gasteiger partial charge in [0.15, 0.2) is 5.54 Å². The van der Waals surface area contributed by atoms with Crippen LogP contribution in [0.1, 0.15) is 63.1 Å². The molecular weight excluding hydrogens is 731 g/mol. The number of nitrogens with zero attached hydrogens (tertiary/aromatic N) is 3. The number of ether oxygens (including phenoxy) is 1. The Hall–Kier alpha value is -5.06. The van der Waals surface area contributed by atoms with Gasteiger partial charge in [-0.1, -0.05) is 97.1 Å². The summed E-state index contributed by atoms with van der Waals surface area (Å²) in [6.07, 6.45) is 4.95. The van der Waals surface area contributed by atoms with Crippen molar-refractivity contribution in [3.8, 4) is 0 Å². The number of rotatable bonds is 12. The van der Waals surface area contributed by atoms with Crippen molar-refractivity contribution in [3.63, 3.8) is 0 Å². The van der Waals surface area contributed by atoms with E-state index in [0.29, 0.717) is 36.3 Å². The van der Waals surface area contributed by atoms with Crippen molar-refractivity contribution in [1.82, 2.24) is 10.2 Å². The number of alkyl carbamates (subject to hydrolysis) is 1. The first-order valence-corrected chi connectivity index (χ1v) is 17.7. The fourth-order valence-corrected chi connectivity index (χ4v) is 6.63. The van der Waals surface area contributed by atoms with E-state index < -0.39 is 34.7 Å². The number of benzene rings is 3. The molecule has 54 heavy (non-hydrogen) atoms. The Kier molecular flexibility index (Phi) is 13.4. The Labute approximate surface area is 326 Å². The molecule has 2 aliphatic carbocycles. The molecule has 5 atom stereocenters. The maximum Gasteiger partial charge on any atom is 0.408 e. The molecule has 0 radical (unpaired) electrons. The fourth-order valence-electron chi connectivity index (χ4n) is 6.63. The molecule has 1 unspecified atom stereocenters. The van der Waals surface area contributed by atoms with Gasteiger partial charge in [0.05, 0.1) is 17.7 Å². The van der Waals surface area contributed by atoms with E-state index in [9.17, 15) is 24.3 Å². The Morgan fingerprint density at radius 1 is 0.907 bits per heavy atom. The third-order valence-electron chi connectivity index (χ3n) is 9.67. The first-order valence-electron chi connectivity index (χ1n) is 17.7. The van der Waals surface area contributed by atoms with Gasteiger partial charge in [0, 0.05) is 40.4 Å². The minimum atomic E-state index is -1.25. The third kappa shape index (κ3) is 9.72. The number of carbonyl (C=O) groups is 4. The number of para-hydroxylation sites is 1. The molecule has 288 valence electrons. The van der Waals surface area contributed by atoms with Crippen molar-refractivity contribution in [2.24, 2.45) is 16.8 Å². The van der Waals surface area contributed by atoms with E-state index in [1.54, 1.807) is 32.9 Å². The van der Waals surface area contributed by atoms with Crippen LogP contribution in [-0.2, 0) is 42.2 Å². The standard InChI is InChI=1S/C31H31N3O3.C11H17NO4.Ni/c1-2-24-20-31(24,30(36)37)33-28(23-14-7-4-8-15-23)25-16-9-10-17-26(25)32-29(35)27-18-11-19-34(27)21-22-12-5-3-6-13-22;1-5-7-6-11(7,8(13)14)12-9(15)16-10(2,3)4;/h2-10,12-17,24,27H,1,11,18-21H2,(H2,32,33,35,36,37);5,7H,1,6H2,2-4H3,(H,12,15)(H,13,14);/p-1/t24-,27?,31-;7-,11-;/m10./s1. The van der Waals surface area contributed by atoms with Crippen molar-refractivity contribution in [3.05, 3.63) is 132 Å². The molecule has 3 aromatic carbocycles. The molecule has 12 heteroatoms. The second-order valence-corrected chi connectivity index (χ2v) is 14.6. The average Bonchev–Trinajstić information content (AvgIpc) is 3.98. The predicted molar refractivity (Wildman–Crippen MR) is 203 cm³/mol. The van der Waals surface area contributed by atoms with E-state index in [4.69, 9.17) is 14.8 Å². The van der Waals surface area contributed by atoms with Gasteiger partial charge in [-0.3, -0.25) is 9.89 Å². The molecule has 6 rings (SSSR count). The summed E-state index contributed by atoms with van der Waals surface area (Å²) in [7, 11) is 0. The monoisotopic (exact) mass is 777 g/mol. The van der Waals surface area contributed by atoms with Gasteiger partial charge in [0.1, 0.15) is 11.1 Å². The zero-order valence-electron chi connectivity index (χ0n) is 30.7. The van der Waals surface area contributed by atoms with E-state index in [2.05, 4.69) is 40.8 Å². The summed E-state index contributed by atoms with van der Waals surface area (Å²) in [6, 6.07) is 26.7. The summed E-state index contributed by atoms with van der Waals surface area (Å²) >= 11 is 0. The minimum absolute atomic E-state index is 0. The normalized spacial score (nSPS) is 24.4. The van der Waals surface area contributed by atoms with Gasteiger partial charge < -0.3 is 30.4 Å². The van der Waals surface area contributed by atoms with Crippen LogP contribution >= 0.6 is 0 Å². The van der Waals surface area contributed by atoms with E-state index in [-0.39, 0.29) is 40.3 Å². The molecule has 11 nitrogen and oxygen atoms in total. The maximum absolute atomic E-state index is 13.5. The smallest absolute Gasteiger partial charge is 0.408 e. The minimum Gasteiger partial charge on any atom is -0.625 e. The molecule has 0 bridgehead atoms. The molecule has 0 aromatic heterocycles. The predicted octanol–water partition coefficient (Wildman–Crippen LogP) is 7.29. The number of hydrogen-bond donors (Lipinski definition) is 3. The topological polar surface area (TPSA) is 160 Å². The molecule has 2 saturated carbocycles. The maximum atomic E-state index is 13.5. The van der Waals surface area contributed by atoms with Crippen molar-refractivity contribution < 1.29 is 50.6 Å². The van der Waals surface area contributed by atoms with Crippen LogP contribution in [-0.4, -0.2) is 74.0 Å². The first-order chi connectivity index (χ1) is 25.2. The van der Waals surface area contributed by atoms with E-state index >= 15 is 0 Å². The van der Waals surface area contributed by atoms with E-state index in [0.717, 1.165) is 24.9 Å². The average molecular weight is 779 g/mol. The van der Waals surface area contributed by atoms with Gasteiger partial charge in [0.25, 0.3) is 0 Å². The summed E-state index contributed by atoms with van der Waals surface area (Å²) in [4.78, 5) is 55.2. The van der Waals surface area contributed by atoms with Crippen LogP contribution in [0.15, 0.2) is 115 Å². The Morgan fingerprint density at radius 2 is 1.52 bits per heavy atom. The van der Waals surface area contributed by atoms with Crippen molar-refractivity contribution >= 4 is 35.3 Å². The number of likely N-dealkylation sites (tertiary alicyclic amines) is 1. The van der Waals surface area contributed by atoms with Crippen molar-refractivity contribution in [1.29, 1.82) is 0 Å². The van der Waals surface area contributed by atoms with Crippen LogP contribution in [0.25, 0.3) is 5.32 Å². The largest absolute Gasteiger partial charge is 0.625 e. The van der Waals surface area contributed by atoms with Gasteiger partial charge in [-0.25, -0.2) is 14.4 Å². The zero-order valence-corrected chi connectivity index (χ0v) is 31.7. The van der Waals surface area contributed by atoms with Crippen LogP contribution < -0.4 is 5.32 Å². The second kappa shape index (κ2) is 17.4. The number of hydrogen-bond acceptors (Lipinski definition) is 7. The van der Waals surface area contributed by atoms with Crippen molar-refractivity contribution in [2.75, 3.05) is 6.54 Å². The number of aliphatic carboxylic acids is 2. The molecule has 3 aliphatic rings. The molecule has 3 N–H and O–H groups in total. The summed E-state index contributed by atoms with van der Waals surface area (Å²) < 4.78 is 5.01. The molecule has 1 saturated heterocycles. The summed E-state index contributed by atoms with van der Waals surface area (Å²) in [6.45, 7) is 14.0. The fraction of sp³-hybridized carbons (Fsp3) is 0.357. The molecule has 2 amide bonds. The van der Waals surface area contributed by atoms with Crippen LogP contribution in [0.4, 0.5) is 10.5 Å². The molecule has 3 aromatic rings. The molecule has 1 heterocycles. The number of carboxylic acid groups (broad SMARTS) is 2. The van der Waals surface area contributed by atoms with Gasteiger partial charge in [-0.2, -0.15) is 0 Å². The van der Waals surface area contributed by atoms with Crippen LogP contribution in [0, 0.1) is 11.8 Å². The number of aliphatic imine (C=N–C) groups is 1. The SMILES string of the molecule is C=C[C@@H]1C[C@]1(N=C(c1ccccc1)c1ccccc1[N-]C(=O)C1CCCN1Cc1ccccc1)C(=O)O.C=C[C@H]1C[C@@]1(NC(=O)OC(C)(C)C)C(=O)O.[Ni]. The van der Waals surface area contributed by atoms with E-state index in [1.165, 1.54) is 11.6 Å². The van der Waals surface area contributed by atoms with Crippen LogP contribution in [0.3, 0.4) is 0 Å². The van der Waals surface area contributed by atoms with Gasteiger partial charge in [-0.05, 0) is 64.1 Å². The Bertz CT molecular complexity index is 1880. The third-order valence-corrected chi connectivity index (χ3v) is 9.67. The van der Waals surface area contributed by atoms with Gasteiger partial charge in [0.2, 0.25) is 0 Å². The molecule has 3 fully saturated rings. The summed E-state index contributed by atoms with van der Waals surface area (Å²) in [5, 5.41) is 26.0. The Morgan fingerprint density at radius 3 is 2.07 bits per heavy atom. The summed E-state index contributed by atoms with van der Waals surface area (Å²) in [5.74, 6) is -2.67. The number of amides is 2. The Balaban J connectivity index is 0.000000323. The number of carboxylic acids is 2. The van der Waals surface area contributed by atoms with Crippen LogP contribution in [0.2, 0.25) is 0 Å².